The van der Waals surface area contributed by atoms with Crippen LogP contribution in [0.2, 0.25) is 0 Å². The molecule has 0 aliphatic carbocycles. The zero-order chi connectivity index (χ0) is 17.1. The zero-order valence-corrected chi connectivity index (χ0v) is 14.4. The molecule has 3 heterocycles. The van der Waals surface area contributed by atoms with E-state index in [9.17, 15) is 9.59 Å². The van der Waals surface area contributed by atoms with Crippen LogP contribution < -0.4 is 0 Å². The molecule has 2 aliphatic heterocycles. The SMILES string of the molecule is COCCCN1C(=O)CC[C@H]2CN(C(=O)c3ocnc3C)CC[C@H]21. The average molecular weight is 335 g/mol. The van der Waals surface area contributed by atoms with Gasteiger partial charge in [0.15, 0.2) is 6.39 Å². The molecule has 1 aromatic heterocycles. The second-order valence-corrected chi connectivity index (χ2v) is 6.61. The Hall–Kier alpha value is -1.89. The highest BCUT2D eigenvalue weighted by Crippen LogP contribution is 2.32. The maximum absolute atomic E-state index is 12.6. The Morgan fingerprint density at radius 3 is 3.00 bits per heavy atom. The number of carbonyl (C=O) groups is 2. The van der Waals surface area contributed by atoms with E-state index < -0.39 is 0 Å². The Balaban J connectivity index is 1.65. The van der Waals surface area contributed by atoms with Gasteiger partial charge in [-0.1, -0.05) is 0 Å². The van der Waals surface area contributed by atoms with Crippen molar-refractivity contribution in [3.8, 4) is 0 Å². The summed E-state index contributed by atoms with van der Waals surface area (Å²) < 4.78 is 10.3. The highest BCUT2D eigenvalue weighted by molar-refractivity contribution is 5.92. The standard InChI is InChI=1S/C17H25N3O4/c1-12-16(24-11-18-12)17(22)19-8-6-14-13(10-19)4-5-15(21)20(14)7-3-9-23-2/h11,13-14H,3-10H2,1-2H3/t13-,14+/m0/s1. The number of likely N-dealkylation sites (tertiary alicyclic amines) is 2. The van der Waals surface area contributed by atoms with E-state index in [0.717, 1.165) is 25.8 Å². The normalized spacial score (nSPS) is 24.2. The number of piperidine rings is 2. The zero-order valence-electron chi connectivity index (χ0n) is 14.4. The maximum atomic E-state index is 12.6. The van der Waals surface area contributed by atoms with Crippen molar-refractivity contribution >= 4 is 11.8 Å². The molecule has 0 aromatic carbocycles. The fourth-order valence-electron chi connectivity index (χ4n) is 3.86. The highest BCUT2D eigenvalue weighted by Gasteiger charge is 2.40. The summed E-state index contributed by atoms with van der Waals surface area (Å²) in [5.41, 5.74) is 0.627. The fourth-order valence-corrected chi connectivity index (χ4v) is 3.86. The molecule has 0 saturated carbocycles. The van der Waals surface area contributed by atoms with Crippen LogP contribution in [0.15, 0.2) is 10.8 Å². The van der Waals surface area contributed by atoms with Gasteiger partial charge < -0.3 is 19.0 Å². The van der Waals surface area contributed by atoms with Gasteiger partial charge in [0.2, 0.25) is 11.7 Å². The van der Waals surface area contributed by atoms with Crippen molar-refractivity contribution in [3.63, 3.8) is 0 Å². The first kappa shape index (κ1) is 17.0. The predicted octanol–water partition coefficient (Wildman–Crippen LogP) is 1.47. The molecular formula is C17H25N3O4. The number of aryl methyl sites for hydroxylation is 1. The van der Waals surface area contributed by atoms with Gasteiger partial charge in [0.25, 0.3) is 5.91 Å². The smallest absolute Gasteiger partial charge is 0.291 e. The number of hydrogen-bond acceptors (Lipinski definition) is 5. The molecule has 24 heavy (non-hydrogen) atoms. The topological polar surface area (TPSA) is 75.9 Å². The molecule has 1 aromatic rings. The molecule has 2 aliphatic rings. The summed E-state index contributed by atoms with van der Waals surface area (Å²) in [6, 6.07) is 0.239. The molecule has 7 heteroatoms. The van der Waals surface area contributed by atoms with Gasteiger partial charge in [-0.3, -0.25) is 9.59 Å². The Bertz CT molecular complexity index is 600. The van der Waals surface area contributed by atoms with Gasteiger partial charge in [-0.2, -0.15) is 0 Å². The van der Waals surface area contributed by atoms with E-state index in [1.807, 2.05) is 9.80 Å². The monoisotopic (exact) mass is 335 g/mol. The van der Waals surface area contributed by atoms with Crippen LogP contribution in [0.5, 0.6) is 0 Å². The maximum Gasteiger partial charge on any atom is 0.291 e. The first-order chi connectivity index (χ1) is 11.6. The van der Waals surface area contributed by atoms with Crippen molar-refractivity contribution in [1.82, 2.24) is 14.8 Å². The number of fused-ring (bicyclic) bond motifs is 1. The van der Waals surface area contributed by atoms with Crippen molar-refractivity contribution in [2.75, 3.05) is 33.4 Å². The molecule has 2 fully saturated rings. The van der Waals surface area contributed by atoms with Gasteiger partial charge in [-0.25, -0.2) is 4.98 Å². The summed E-state index contributed by atoms with van der Waals surface area (Å²) in [7, 11) is 1.68. The van der Waals surface area contributed by atoms with Gasteiger partial charge in [0.05, 0.1) is 5.69 Å². The molecular weight excluding hydrogens is 310 g/mol. The Labute approximate surface area is 141 Å². The summed E-state index contributed by atoms with van der Waals surface area (Å²) in [5.74, 6) is 0.813. The van der Waals surface area contributed by atoms with E-state index in [1.165, 1.54) is 6.39 Å². The quantitative estimate of drug-likeness (QED) is 0.762. The third-order valence-corrected chi connectivity index (χ3v) is 5.12. The molecule has 0 bridgehead atoms. The Morgan fingerprint density at radius 2 is 2.29 bits per heavy atom. The van der Waals surface area contributed by atoms with Crippen LogP contribution in [0.1, 0.15) is 41.9 Å². The predicted molar refractivity (Wildman–Crippen MR) is 86.5 cm³/mol. The number of ether oxygens (including phenoxy) is 1. The number of amides is 2. The minimum Gasteiger partial charge on any atom is -0.438 e. The highest BCUT2D eigenvalue weighted by atomic mass is 16.5. The van der Waals surface area contributed by atoms with Crippen molar-refractivity contribution in [2.24, 2.45) is 5.92 Å². The van der Waals surface area contributed by atoms with Gasteiger partial charge in [0, 0.05) is 45.8 Å². The summed E-state index contributed by atoms with van der Waals surface area (Å²) >= 11 is 0. The number of methoxy groups -OCH3 is 1. The number of oxazole rings is 1. The fraction of sp³-hybridized carbons (Fsp3) is 0.706. The van der Waals surface area contributed by atoms with Crippen molar-refractivity contribution in [3.05, 3.63) is 17.8 Å². The molecule has 0 unspecified atom stereocenters. The van der Waals surface area contributed by atoms with Crippen LogP contribution >= 0.6 is 0 Å². The lowest BCUT2D eigenvalue weighted by Gasteiger charge is -2.47. The lowest BCUT2D eigenvalue weighted by atomic mass is 9.83. The number of hydrogen-bond donors (Lipinski definition) is 0. The second-order valence-electron chi connectivity index (χ2n) is 6.61. The molecule has 0 spiro atoms. The van der Waals surface area contributed by atoms with Crippen molar-refractivity contribution < 1.29 is 18.7 Å². The number of carbonyl (C=O) groups excluding carboxylic acids is 2. The Morgan fingerprint density at radius 1 is 1.46 bits per heavy atom. The van der Waals surface area contributed by atoms with Crippen molar-refractivity contribution in [1.29, 1.82) is 0 Å². The summed E-state index contributed by atoms with van der Waals surface area (Å²) in [4.78, 5) is 32.7. The van der Waals surface area contributed by atoms with E-state index in [0.29, 0.717) is 43.5 Å². The lowest BCUT2D eigenvalue weighted by Crippen LogP contribution is -2.57. The third kappa shape index (κ3) is 3.31. The first-order valence-electron chi connectivity index (χ1n) is 8.59. The van der Waals surface area contributed by atoms with Gasteiger partial charge in [-0.15, -0.1) is 0 Å². The molecule has 0 radical (unpaired) electrons. The van der Waals surface area contributed by atoms with Gasteiger partial charge in [-0.05, 0) is 32.1 Å². The van der Waals surface area contributed by atoms with Crippen LogP contribution in [0.4, 0.5) is 0 Å². The van der Waals surface area contributed by atoms with Gasteiger partial charge >= 0.3 is 0 Å². The summed E-state index contributed by atoms with van der Waals surface area (Å²) in [5, 5.41) is 0. The van der Waals surface area contributed by atoms with E-state index in [-0.39, 0.29) is 17.9 Å². The van der Waals surface area contributed by atoms with Crippen LogP contribution in [-0.2, 0) is 9.53 Å². The molecule has 7 nitrogen and oxygen atoms in total. The van der Waals surface area contributed by atoms with Crippen LogP contribution in [0.25, 0.3) is 0 Å². The van der Waals surface area contributed by atoms with Crippen LogP contribution in [-0.4, -0.2) is 66.0 Å². The second kappa shape index (κ2) is 7.34. The van der Waals surface area contributed by atoms with Crippen molar-refractivity contribution in [2.45, 2.75) is 38.6 Å². The molecule has 2 saturated heterocycles. The molecule has 132 valence electrons. The minimum atomic E-state index is -0.0914. The van der Waals surface area contributed by atoms with E-state index in [2.05, 4.69) is 4.98 Å². The van der Waals surface area contributed by atoms with E-state index in [1.54, 1.807) is 14.0 Å². The molecule has 0 N–H and O–H groups in total. The first-order valence-corrected chi connectivity index (χ1v) is 8.59. The summed E-state index contributed by atoms with van der Waals surface area (Å²) in [6.45, 7) is 4.51. The van der Waals surface area contributed by atoms with Crippen LogP contribution in [0, 0.1) is 12.8 Å². The van der Waals surface area contributed by atoms with E-state index in [4.69, 9.17) is 9.15 Å². The molecule has 3 rings (SSSR count). The number of rotatable bonds is 5. The lowest BCUT2D eigenvalue weighted by molar-refractivity contribution is -0.140. The molecule has 2 atom stereocenters. The van der Waals surface area contributed by atoms with Crippen LogP contribution in [0.3, 0.4) is 0 Å². The van der Waals surface area contributed by atoms with E-state index >= 15 is 0 Å². The Kier molecular flexibility index (Phi) is 5.18. The largest absolute Gasteiger partial charge is 0.438 e. The third-order valence-electron chi connectivity index (χ3n) is 5.12. The number of nitrogens with zero attached hydrogens (tertiary/aromatic N) is 3. The average Bonchev–Trinajstić information content (AvgIpc) is 3.02. The minimum absolute atomic E-state index is 0.0914. The summed E-state index contributed by atoms with van der Waals surface area (Å²) in [6.07, 6.45) is 4.40. The number of aromatic nitrogens is 1. The van der Waals surface area contributed by atoms with Gasteiger partial charge in [0.1, 0.15) is 0 Å². The molecule has 2 amide bonds.